The monoisotopic (exact) mass is 181 g/mol. The summed E-state index contributed by atoms with van der Waals surface area (Å²) in [4.78, 5) is 11.6. The van der Waals surface area contributed by atoms with E-state index in [2.05, 4.69) is 0 Å². The van der Waals surface area contributed by atoms with E-state index in [4.69, 9.17) is 5.73 Å². The molecule has 0 saturated carbocycles. The highest BCUT2D eigenvalue weighted by molar-refractivity contribution is 8.00. The Morgan fingerprint density at radius 2 is 2.33 bits per heavy atom. The number of aryl methyl sites for hydroxylation is 1. The maximum atomic E-state index is 10.5. The van der Waals surface area contributed by atoms with Crippen molar-refractivity contribution in [3.63, 3.8) is 0 Å². The minimum atomic E-state index is -0.276. The second-order valence-electron chi connectivity index (χ2n) is 2.57. The van der Waals surface area contributed by atoms with Gasteiger partial charge in [-0.3, -0.25) is 4.79 Å². The van der Waals surface area contributed by atoms with Crippen LogP contribution in [0.25, 0.3) is 0 Å². The molecule has 0 fully saturated rings. The number of hydrogen-bond donors (Lipinski definition) is 1. The van der Waals surface area contributed by atoms with E-state index in [1.165, 1.54) is 17.3 Å². The molecular formula is C9H11NOS. The molecule has 1 aromatic rings. The van der Waals surface area contributed by atoms with Gasteiger partial charge < -0.3 is 5.73 Å². The molecule has 0 radical (unpaired) electrons. The number of primary amides is 1. The van der Waals surface area contributed by atoms with Crippen molar-refractivity contribution < 1.29 is 4.79 Å². The molecule has 0 saturated heterocycles. The van der Waals surface area contributed by atoms with Crippen LogP contribution in [0, 0.1) is 6.92 Å². The normalized spacial score (nSPS) is 9.75. The molecule has 1 amide bonds. The van der Waals surface area contributed by atoms with Crippen molar-refractivity contribution in [1.29, 1.82) is 0 Å². The highest BCUT2D eigenvalue weighted by atomic mass is 32.2. The summed E-state index contributed by atoms with van der Waals surface area (Å²) in [5.41, 5.74) is 6.22. The van der Waals surface area contributed by atoms with Crippen LogP contribution < -0.4 is 5.73 Å². The molecule has 0 bridgehead atoms. The lowest BCUT2D eigenvalue weighted by atomic mass is 10.2. The Morgan fingerprint density at radius 1 is 1.58 bits per heavy atom. The number of nitrogens with two attached hydrogens (primary N) is 1. The molecule has 0 aliphatic heterocycles. The zero-order valence-electron chi connectivity index (χ0n) is 6.91. The molecule has 0 heterocycles. The van der Waals surface area contributed by atoms with E-state index in [9.17, 15) is 4.79 Å². The molecule has 1 aromatic carbocycles. The van der Waals surface area contributed by atoms with Crippen LogP contribution in [0.3, 0.4) is 0 Å². The summed E-state index contributed by atoms with van der Waals surface area (Å²) in [7, 11) is 0. The standard InChI is InChI=1S/C9H11NOS/c1-7-3-2-4-8(5-7)12-6-9(10)11/h2-5H,6H2,1H3,(H2,10,11). The van der Waals surface area contributed by atoms with E-state index in [0.29, 0.717) is 5.75 Å². The predicted molar refractivity (Wildman–Crippen MR) is 51.1 cm³/mol. The van der Waals surface area contributed by atoms with E-state index in [1.807, 2.05) is 31.2 Å². The number of benzene rings is 1. The van der Waals surface area contributed by atoms with Gasteiger partial charge in [0.15, 0.2) is 0 Å². The Labute approximate surface area is 76.2 Å². The van der Waals surface area contributed by atoms with Crippen molar-refractivity contribution in [3.05, 3.63) is 29.8 Å². The molecular weight excluding hydrogens is 170 g/mol. The van der Waals surface area contributed by atoms with Gasteiger partial charge in [-0.25, -0.2) is 0 Å². The van der Waals surface area contributed by atoms with Gasteiger partial charge in [0.1, 0.15) is 0 Å². The van der Waals surface area contributed by atoms with Gasteiger partial charge in [0.05, 0.1) is 5.75 Å². The van der Waals surface area contributed by atoms with Gasteiger partial charge in [0, 0.05) is 4.90 Å². The zero-order chi connectivity index (χ0) is 8.97. The van der Waals surface area contributed by atoms with Crippen molar-refractivity contribution in [2.75, 3.05) is 5.75 Å². The third-order valence-corrected chi connectivity index (χ3v) is 2.39. The highest BCUT2D eigenvalue weighted by Gasteiger charge is 1.96. The highest BCUT2D eigenvalue weighted by Crippen LogP contribution is 2.17. The second kappa shape index (κ2) is 4.16. The van der Waals surface area contributed by atoms with Crippen molar-refractivity contribution >= 4 is 17.7 Å². The number of thioether (sulfide) groups is 1. The molecule has 3 heteroatoms. The second-order valence-corrected chi connectivity index (χ2v) is 3.62. The lowest BCUT2D eigenvalue weighted by Gasteiger charge is -1.99. The van der Waals surface area contributed by atoms with E-state index in [0.717, 1.165) is 4.90 Å². The Balaban J connectivity index is 2.57. The molecule has 0 aliphatic carbocycles. The molecule has 12 heavy (non-hydrogen) atoms. The van der Waals surface area contributed by atoms with Crippen LogP contribution in [0.1, 0.15) is 5.56 Å². The minimum Gasteiger partial charge on any atom is -0.369 e. The first-order chi connectivity index (χ1) is 5.68. The third-order valence-electron chi connectivity index (χ3n) is 1.37. The van der Waals surface area contributed by atoms with Crippen LogP contribution in [0.4, 0.5) is 0 Å². The van der Waals surface area contributed by atoms with Crippen LogP contribution >= 0.6 is 11.8 Å². The summed E-state index contributed by atoms with van der Waals surface area (Å²) in [6.07, 6.45) is 0. The molecule has 64 valence electrons. The first kappa shape index (κ1) is 9.13. The van der Waals surface area contributed by atoms with Gasteiger partial charge in [-0.05, 0) is 19.1 Å². The minimum absolute atomic E-state index is 0.276. The van der Waals surface area contributed by atoms with Gasteiger partial charge in [-0.2, -0.15) is 0 Å². The number of carbonyl (C=O) groups is 1. The first-order valence-corrected chi connectivity index (χ1v) is 4.65. The average Bonchev–Trinajstić information content (AvgIpc) is 2.01. The Bertz CT molecular complexity index is 286. The third kappa shape index (κ3) is 2.96. The fourth-order valence-corrected chi connectivity index (χ4v) is 1.61. The summed E-state index contributed by atoms with van der Waals surface area (Å²) in [5, 5.41) is 0. The molecule has 0 aliphatic rings. The molecule has 0 aromatic heterocycles. The largest absolute Gasteiger partial charge is 0.369 e. The molecule has 1 rings (SSSR count). The SMILES string of the molecule is Cc1cccc(SCC(N)=O)c1. The van der Waals surface area contributed by atoms with Crippen LogP contribution in [0.2, 0.25) is 0 Å². The average molecular weight is 181 g/mol. The Morgan fingerprint density at radius 3 is 2.92 bits per heavy atom. The van der Waals surface area contributed by atoms with E-state index >= 15 is 0 Å². The quantitative estimate of drug-likeness (QED) is 0.719. The first-order valence-electron chi connectivity index (χ1n) is 3.66. The zero-order valence-corrected chi connectivity index (χ0v) is 7.73. The van der Waals surface area contributed by atoms with Gasteiger partial charge in [0.2, 0.25) is 5.91 Å². The van der Waals surface area contributed by atoms with Crippen molar-refractivity contribution in [2.24, 2.45) is 5.73 Å². The Hall–Kier alpha value is -0.960. The number of amides is 1. The lowest BCUT2D eigenvalue weighted by molar-refractivity contribution is -0.115. The van der Waals surface area contributed by atoms with Crippen molar-refractivity contribution in [1.82, 2.24) is 0 Å². The summed E-state index contributed by atoms with van der Waals surface area (Å²) in [6.45, 7) is 2.02. The van der Waals surface area contributed by atoms with Gasteiger partial charge in [0.25, 0.3) is 0 Å². The number of rotatable bonds is 3. The maximum Gasteiger partial charge on any atom is 0.227 e. The van der Waals surface area contributed by atoms with Crippen LogP contribution in [-0.4, -0.2) is 11.7 Å². The Kier molecular flexibility index (Phi) is 3.17. The van der Waals surface area contributed by atoms with Crippen molar-refractivity contribution in [3.8, 4) is 0 Å². The van der Waals surface area contributed by atoms with Gasteiger partial charge in [-0.15, -0.1) is 11.8 Å². The number of hydrogen-bond acceptors (Lipinski definition) is 2. The smallest absolute Gasteiger partial charge is 0.227 e. The van der Waals surface area contributed by atoms with E-state index in [1.54, 1.807) is 0 Å². The summed E-state index contributed by atoms with van der Waals surface area (Å²) in [5.74, 6) is 0.0743. The summed E-state index contributed by atoms with van der Waals surface area (Å²) >= 11 is 1.47. The molecule has 2 N–H and O–H groups in total. The van der Waals surface area contributed by atoms with E-state index in [-0.39, 0.29) is 5.91 Å². The topological polar surface area (TPSA) is 43.1 Å². The van der Waals surface area contributed by atoms with Crippen LogP contribution in [-0.2, 0) is 4.79 Å². The maximum absolute atomic E-state index is 10.5. The fraction of sp³-hybridized carbons (Fsp3) is 0.222. The molecule has 0 spiro atoms. The van der Waals surface area contributed by atoms with Gasteiger partial charge in [-0.1, -0.05) is 17.7 Å². The predicted octanol–water partition coefficient (Wildman–Crippen LogP) is 1.57. The lowest BCUT2D eigenvalue weighted by Crippen LogP contribution is -2.12. The van der Waals surface area contributed by atoms with Gasteiger partial charge >= 0.3 is 0 Å². The van der Waals surface area contributed by atoms with E-state index < -0.39 is 0 Å². The fourth-order valence-electron chi connectivity index (χ4n) is 0.860. The van der Waals surface area contributed by atoms with Crippen LogP contribution in [0.15, 0.2) is 29.2 Å². The molecule has 0 atom stereocenters. The van der Waals surface area contributed by atoms with Crippen molar-refractivity contribution in [2.45, 2.75) is 11.8 Å². The summed E-state index contributed by atoms with van der Waals surface area (Å²) < 4.78 is 0. The number of carbonyl (C=O) groups excluding carboxylic acids is 1. The summed E-state index contributed by atoms with van der Waals surface area (Å²) in [6, 6.07) is 8.00. The van der Waals surface area contributed by atoms with Crippen LogP contribution in [0.5, 0.6) is 0 Å². The molecule has 0 unspecified atom stereocenters. The molecule has 2 nitrogen and oxygen atoms in total.